The highest BCUT2D eigenvalue weighted by molar-refractivity contribution is 5.49. The predicted molar refractivity (Wildman–Crippen MR) is 62.2 cm³/mol. The average Bonchev–Trinajstić information content (AvgIpc) is 2.27. The van der Waals surface area contributed by atoms with E-state index in [1.807, 2.05) is 12.1 Å². The van der Waals surface area contributed by atoms with E-state index in [9.17, 15) is 5.11 Å². The zero-order valence-electron chi connectivity index (χ0n) is 9.99. The highest BCUT2D eigenvalue weighted by atomic mass is 16.6. The molecule has 0 aromatic heterocycles. The number of fused-ring (bicyclic) bond motifs is 1. The summed E-state index contributed by atoms with van der Waals surface area (Å²) in [4.78, 5) is 0. The molecule has 1 unspecified atom stereocenters. The first kappa shape index (κ1) is 11.3. The summed E-state index contributed by atoms with van der Waals surface area (Å²) in [6, 6.07) is 3.88. The SMILES string of the molecule is CC(C)c1cc2c(cc1C(C)O)OCCO2. The fourth-order valence-electron chi connectivity index (χ4n) is 1.98. The van der Waals surface area contributed by atoms with Crippen molar-refractivity contribution in [3.63, 3.8) is 0 Å². The topological polar surface area (TPSA) is 38.7 Å². The molecule has 1 N–H and O–H groups in total. The third-order valence-corrected chi connectivity index (χ3v) is 2.82. The molecule has 88 valence electrons. The van der Waals surface area contributed by atoms with Crippen LogP contribution in [0, 0.1) is 0 Å². The van der Waals surface area contributed by atoms with Gasteiger partial charge in [-0.15, -0.1) is 0 Å². The lowest BCUT2D eigenvalue weighted by atomic mass is 9.93. The van der Waals surface area contributed by atoms with Crippen LogP contribution in [0.2, 0.25) is 0 Å². The van der Waals surface area contributed by atoms with Crippen molar-refractivity contribution >= 4 is 0 Å². The molecule has 0 saturated heterocycles. The maximum Gasteiger partial charge on any atom is 0.161 e. The van der Waals surface area contributed by atoms with Crippen molar-refractivity contribution in [3.05, 3.63) is 23.3 Å². The lowest BCUT2D eigenvalue weighted by Crippen LogP contribution is -2.16. The molecule has 3 heteroatoms. The van der Waals surface area contributed by atoms with Gasteiger partial charge in [-0.1, -0.05) is 13.8 Å². The van der Waals surface area contributed by atoms with Gasteiger partial charge >= 0.3 is 0 Å². The number of benzene rings is 1. The summed E-state index contributed by atoms with van der Waals surface area (Å²) in [5.41, 5.74) is 2.05. The van der Waals surface area contributed by atoms with E-state index < -0.39 is 6.10 Å². The highest BCUT2D eigenvalue weighted by Gasteiger charge is 2.19. The van der Waals surface area contributed by atoms with Gasteiger partial charge in [0.15, 0.2) is 11.5 Å². The van der Waals surface area contributed by atoms with Crippen LogP contribution in [-0.4, -0.2) is 18.3 Å². The Labute approximate surface area is 96.0 Å². The molecule has 0 fully saturated rings. The van der Waals surface area contributed by atoms with Gasteiger partial charge in [0.2, 0.25) is 0 Å². The van der Waals surface area contributed by atoms with Gasteiger partial charge in [0.1, 0.15) is 13.2 Å². The van der Waals surface area contributed by atoms with Crippen LogP contribution in [0.5, 0.6) is 11.5 Å². The monoisotopic (exact) mass is 222 g/mol. The number of hydrogen-bond donors (Lipinski definition) is 1. The number of ether oxygens (including phenoxy) is 2. The molecule has 1 aromatic carbocycles. The molecule has 1 heterocycles. The van der Waals surface area contributed by atoms with Crippen molar-refractivity contribution < 1.29 is 14.6 Å². The molecule has 0 radical (unpaired) electrons. The van der Waals surface area contributed by atoms with Crippen molar-refractivity contribution in [3.8, 4) is 11.5 Å². The number of aliphatic hydroxyl groups is 1. The van der Waals surface area contributed by atoms with E-state index in [0.717, 1.165) is 22.6 Å². The van der Waals surface area contributed by atoms with E-state index in [4.69, 9.17) is 9.47 Å². The van der Waals surface area contributed by atoms with E-state index in [1.54, 1.807) is 6.92 Å². The third kappa shape index (κ3) is 2.00. The molecule has 0 aliphatic carbocycles. The van der Waals surface area contributed by atoms with Gasteiger partial charge in [-0.05, 0) is 36.1 Å². The summed E-state index contributed by atoms with van der Waals surface area (Å²) < 4.78 is 11.1. The van der Waals surface area contributed by atoms with Gasteiger partial charge in [-0.3, -0.25) is 0 Å². The molecule has 1 aliphatic heterocycles. The normalized spacial score (nSPS) is 16.3. The van der Waals surface area contributed by atoms with Crippen LogP contribution < -0.4 is 9.47 Å². The molecule has 0 bridgehead atoms. The van der Waals surface area contributed by atoms with E-state index in [-0.39, 0.29) is 0 Å². The zero-order valence-corrected chi connectivity index (χ0v) is 9.99. The summed E-state index contributed by atoms with van der Waals surface area (Å²) in [7, 11) is 0. The van der Waals surface area contributed by atoms with E-state index in [2.05, 4.69) is 13.8 Å². The third-order valence-electron chi connectivity index (χ3n) is 2.82. The number of aliphatic hydroxyl groups excluding tert-OH is 1. The van der Waals surface area contributed by atoms with E-state index >= 15 is 0 Å². The largest absolute Gasteiger partial charge is 0.486 e. The summed E-state index contributed by atoms with van der Waals surface area (Å²) >= 11 is 0. The maximum absolute atomic E-state index is 9.76. The van der Waals surface area contributed by atoms with Gasteiger partial charge in [-0.2, -0.15) is 0 Å². The number of hydrogen-bond acceptors (Lipinski definition) is 3. The van der Waals surface area contributed by atoms with Crippen LogP contribution in [0.4, 0.5) is 0 Å². The van der Waals surface area contributed by atoms with Gasteiger partial charge in [0.25, 0.3) is 0 Å². The van der Waals surface area contributed by atoms with Crippen LogP contribution in [0.3, 0.4) is 0 Å². The van der Waals surface area contributed by atoms with Gasteiger partial charge in [-0.25, -0.2) is 0 Å². The molecular formula is C13H18O3. The van der Waals surface area contributed by atoms with Crippen molar-refractivity contribution in [2.45, 2.75) is 32.8 Å². The first-order chi connectivity index (χ1) is 7.59. The van der Waals surface area contributed by atoms with Crippen LogP contribution in [-0.2, 0) is 0 Å². The summed E-state index contributed by atoms with van der Waals surface area (Å²) in [5, 5.41) is 9.76. The van der Waals surface area contributed by atoms with E-state index in [1.165, 1.54) is 0 Å². The molecule has 3 nitrogen and oxygen atoms in total. The standard InChI is InChI=1S/C13H18O3/c1-8(2)10-6-12-13(16-5-4-15-12)7-11(10)9(3)14/h6-9,14H,4-5H2,1-3H3. The Morgan fingerprint density at radius 2 is 1.50 bits per heavy atom. The first-order valence-corrected chi connectivity index (χ1v) is 5.71. The second-order valence-corrected chi connectivity index (χ2v) is 4.46. The van der Waals surface area contributed by atoms with Crippen LogP contribution in [0.1, 0.15) is 43.9 Å². The summed E-state index contributed by atoms with van der Waals surface area (Å²) in [5.74, 6) is 1.89. The molecule has 2 rings (SSSR count). The van der Waals surface area contributed by atoms with Crippen LogP contribution >= 0.6 is 0 Å². The van der Waals surface area contributed by atoms with Crippen molar-refractivity contribution in [1.29, 1.82) is 0 Å². The van der Waals surface area contributed by atoms with Crippen molar-refractivity contribution in [1.82, 2.24) is 0 Å². The fraction of sp³-hybridized carbons (Fsp3) is 0.538. The molecule has 16 heavy (non-hydrogen) atoms. The Morgan fingerprint density at radius 3 is 1.94 bits per heavy atom. The molecule has 1 aromatic rings. The van der Waals surface area contributed by atoms with Gasteiger partial charge < -0.3 is 14.6 Å². The summed E-state index contributed by atoms with van der Waals surface area (Å²) in [6.45, 7) is 7.16. The smallest absolute Gasteiger partial charge is 0.161 e. The minimum atomic E-state index is -0.478. The van der Waals surface area contributed by atoms with Crippen molar-refractivity contribution in [2.24, 2.45) is 0 Å². The highest BCUT2D eigenvalue weighted by Crippen LogP contribution is 2.37. The van der Waals surface area contributed by atoms with Gasteiger partial charge in [0.05, 0.1) is 6.10 Å². The second kappa shape index (κ2) is 4.34. The Morgan fingerprint density at radius 1 is 1.00 bits per heavy atom. The molecule has 1 aliphatic rings. The Balaban J connectivity index is 2.50. The first-order valence-electron chi connectivity index (χ1n) is 5.71. The second-order valence-electron chi connectivity index (χ2n) is 4.46. The van der Waals surface area contributed by atoms with Gasteiger partial charge in [0, 0.05) is 0 Å². The van der Waals surface area contributed by atoms with Crippen LogP contribution in [0.25, 0.3) is 0 Å². The number of rotatable bonds is 2. The minimum Gasteiger partial charge on any atom is -0.486 e. The van der Waals surface area contributed by atoms with E-state index in [0.29, 0.717) is 19.1 Å². The Hall–Kier alpha value is -1.22. The lowest BCUT2D eigenvalue weighted by Gasteiger charge is -2.23. The lowest BCUT2D eigenvalue weighted by molar-refractivity contribution is 0.167. The maximum atomic E-state index is 9.76. The Kier molecular flexibility index (Phi) is 3.06. The fourth-order valence-corrected chi connectivity index (χ4v) is 1.98. The average molecular weight is 222 g/mol. The van der Waals surface area contributed by atoms with Crippen LogP contribution in [0.15, 0.2) is 12.1 Å². The minimum absolute atomic E-state index is 0.362. The quantitative estimate of drug-likeness (QED) is 0.836. The summed E-state index contributed by atoms with van der Waals surface area (Å²) in [6.07, 6.45) is -0.478. The van der Waals surface area contributed by atoms with Crippen molar-refractivity contribution in [2.75, 3.05) is 13.2 Å². The Bertz CT molecular complexity index is 346. The molecule has 1 atom stereocenters. The molecule has 0 spiro atoms. The molecule has 0 amide bonds. The molecular weight excluding hydrogens is 204 g/mol. The molecule has 0 saturated carbocycles. The predicted octanol–water partition coefficient (Wildman–Crippen LogP) is 2.63. The zero-order chi connectivity index (χ0) is 11.7.